The number of unbranched alkanes of at least 4 members (excludes halogenated alkanes) is 2. The van der Waals surface area contributed by atoms with Gasteiger partial charge in [0, 0.05) is 6.42 Å². The lowest BCUT2D eigenvalue weighted by Crippen LogP contribution is -1.96. The molecule has 0 amide bonds. The molecule has 0 aromatic heterocycles. The van der Waals surface area contributed by atoms with Gasteiger partial charge in [0.25, 0.3) is 0 Å². The molecule has 0 aliphatic heterocycles. The Kier molecular flexibility index (Phi) is 8.50. The van der Waals surface area contributed by atoms with Crippen molar-refractivity contribution >= 4 is 7.82 Å². The molecule has 4 nitrogen and oxygen atoms in total. The monoisotopic (exact) mass is 234 g/mol. The van der Waals surface area contributed by atoms with Crippen molar-refractivity contribution in [3.05, 3.63) is 0 Å². The minimum Gasteiger partial charge on any atom is -0.350 e. The van der Waals surface area contributed by atoms with E-state index in [1.54, 1.807) is 13.8 Å². The van der Waals surface area contributed by atoms with E-state index in [1.807, 2.05) is 0 Å². The van der Waals surface area contributed by atoms with E-state index < -0.39 is 7.82 Å². The van der Waals surface area contributed by atoms with Gasteiger partial charge < -0.3 is 4.52 Å². The van der Waals surface area contributed by atoms with Gasteiger partial charge in [-0.15, -0.1) is 0 Å². The first-order valence-corrected chi connectivity index (χ1v) is 6.70. The maximum Gasteiger partial charge on any atom is 0.538 e. The first-order valence-electron chi connectivity index (χ1n) is 5.24. The molecule has 0 saturated heterocycles. The van der Waals surface area contributed by atoms with Crippen LogP contribution in [0, 0.1) is 12.0 Å². The molecular weight excluding hydrogens is 215 g/mol. The molecule has 0 radical (unpaired) electrons. The molecule has 0 aromatic rings. The third kappa shape index (κ3) is 7.44. The van der Waals surface area contributed by atoms with Crippen molar-refractivity contribution in [2.75, 3.05) is 13.2 Å². The first kappa shape index (κ1) is 14.5. The van der Waals surface area contributed by atoms with Crippen LogP contribution in [0.25, 0.3) is 0 Å². The topological polar surface area (TPSA) is 44.8 Å². The molecule has 5 heteroatoms. The largest absolute Gasteiger partial charge is 0.538 e. The Morgan fingerprint density at radius 3 is 2.20 bits per heavy atom. The lowest BCUT2D eigenvalue weighted by Gasteiger charge is -2.12. The Morgan fingerprint density at radius 1 is 1.13 bits per heavy atom. The summed E-state index contributed by atoms with van der Waals surface area (Å²) in [5, 5.41) is 0. The molecule has 0 spiro atoms. The molecular formula is C10H19O4P. The second-order valence-corrected chi connectivity index (χ2v) is 4.35. The number of phosphoric acid groups is 1. The smallest absolute Gasteiger partial charge is 0.350 e. The second-order valence-electron chi connectivity index (χ2n) is 2.76. The summed E-state index contributed by atoms with van der Waals surface area (Å²) in [5.41, 5.74) is 0. The Bertz CT molecular complexity index is 244. The predicted octanol–water partition coefficient (Wildman–Crippen LogP) is 3.34. The summed E-state index contributed by atoms with van der Waals surface area (Å²) in [7, 11) is -3.44. The summed E-state index contributed by atoms with van der Waals surface area (Å²) in [6.45, 7) is 6.06. The average molecular weight is 234 g/mol. The molecule has 0 heterocycles. The summed E-state index contributed by atoms with van der Waals surface area (Å²) in [4.78, 5) is 0. The van der Waals surface area contributed by atoms with Crippen LogP contribution in [0.15, 0.2) is 0 Å². The van der Waals surface area contributed by atoms with Crippen molar-refractivity contribution in [2.24, 2.45) is 0 Å². The molecule has 0 unspecified atom stereocenters. The van der Waals surface area contributed by atoms with E-state index in [-0.39, 0.29) is 13.2 Å². The van der Waals surface area contributed by atoms with Crippen LogP contribution in [0.3, 0.4) is 0 Å². The highest BCUT2D eigenvalue weighted by atomic mass is 31.2. The van der Waals surface area contributed by atoms with Crippen LogP contribution in [-0.2, 0) is 18.1 Å². The lowest BCUT2D eigenvalue weighted by molar-refractivity contribution is 0.159. The zero-order chi connectivity index (χ0) is 11.6. The Balaban J connectivity index is 4.03. The fourth-order valence-corrected chi connectivity index (χ4v) is 1.80. The fourth-order valence-electron chi connectivity index (χ4n) is 0.811. The summed E-state index contributed by atoms with van der Waals surface area (Å²) in [5.74, 6) is 2.75. The highest BCUT2D eigenvalue weighted by molar-refractivity contribution is 7.48. The van der Waals surface area contributed by atoms with Crippen molar-refractivity contribution in [3.63, 3.8) is 0 Å². The minimum absolute atomic E-state index is 0.272. The van der Waals surface area contributed by atoms with Gasteiger partial charge in [-0.05, 0) is 20.3 Å². The standard InChI is InChI=1S/C10H19O4P/c1-4-7-8-9-10-14-15(11,12-5-2)13-6-3/h4-8H2,1-3H3. The van der Waals surface area contributed by atoms with Crippen LogP contribution < -0.4 is 0 Å². The SMILES string of the molecule is CCCCC#COP(=O)(OCC)OCC. The zero-order valence-corrected chi connectivity index (χ0v) is 10.5. The van der Waals surface area contributed by atoms with Gasteiger partial charge in [0.05, 0.1) is 13.2 Å². The van der Waals surface area contributed by atoms with E-state index in [9.17, 15) is 4.57 Å². The number of rotatable bonds is 7. The summed E-state index contributed by atoms with van der Waals surface area (Å²) < 4.78 is 26.3. The van der Waals surface area contributed by atoms with Crippen LogP contribution in [0.2, 0.25) is 0 Å². The number of phosphoric ester groups is 1. The van der Waals surface area contributed by atoms with E-state index in [4.69, 9.17) is 13.6 Å². The highest BCUT2D eigenvalue weighted by Crippen LogP contribution is 2.48. The summed E-state index contributed by atoms with van der Waals surface area (Å²) >= 11 is 0. The summed E-state index contributed by atoms with van der Waals surface area (Å²) in [6.07, 6.45) is 5.17. The van der Waals surface area contributed by atoms with Gasteiger partial charge in [0.15, 0.2) is 0 Å². The minimum atomic E-state index is -3.44. The van der Waals surface area contributed by atoms with Gasteiger partial charge in [0.2, 0.25) is 0 Å². The zero-order valence-electron chi connectivity index (χ0n) is 9.62. The van der Waals surface area contributed by atoms with Crippen LogP contribution in [0.4, 0.5) is 0 Å². The molecule has 0 rings (SSSR count). The Hall–Kier alpha value is -0.490. The molecule has 0 aliphatic carbocycles. The predicted molar refractivity (Wildman–Crippen MR) is 59.2 cm³/mol. The van der Waals surface area contributed by atoms with E-state index in [1.165, 1.54) is 0 Å². The molecule has 0 fully saturated rings. The van der Waals surface area contributed by atoms with E-state index in [2.05, 4.69) is 19.0 Å². The average Bonchev–Trinajstić information content (AvgIpc) is 2.18. The molecule has 0 aliphatic rings. The molecule has 88 valence electrons. The maximum absolute atomic E-state index is 11.7. The van der Waals surface area contributed by atoms with Crippen molar-refractivity contribution in [1.82, 2.24) is 0 Å². The van der Waals surface area contributed by atoms with Gasteiger partial charge in [-0.25, -0.2) is 4.57 Å². The lowest BCUT2D eigenvalue weighted by atomic mass is 10.3. The molecule has 0 N–H and O–H groups in total. The van der Waals surface area contributed by atoms with Crippen molar-refractivity contribution < 1.29 is 18.1 Å². The quantitative estimate of drug-likeness (QED) is 0.385. The Labute approximate surface area is 91.9 Å². The van der Waals surface area contributed by atoms with E-state index >= 15 is 0 Å². The van der Waals surface area contributed by atoms with E-state index in [0.717, 1.165) is 19.3 Å². The van der Waals surface area contributed by atoms with Crippen LogP contribution >= 0.6 is 7.82 Å². The molecule has 0 saturated carbocycles. The molecule has 15 heavy (non-hydrogen) atoms. The van der Waals surface area contributed by atoms with Crippen LogP contribution in [-0.4, -0.2) is 13.2 Å². The van der Waals surface area contributed by atoms with Crippen molar-refractivity contribution in [3.8, 4) is 12.0 Å². The third-order valence-corrected chi connectivity index (χ3v) is 2.92. The normalized spacial score (nSPS) is 10.6. The van der Waals surface area contributed by atoms with Gasteiger partial charge in [-0.3, -0.25) is 9.05 Å². The molecule has 0 bridgehead atoms. The van der Waals surface area contributed by atoms with Gasteiger partial charge >= 0.3 is 7.82 Å². The summed E-state index contributed by atoms with van der Waals surface area (Å²) in [6, 6.07) is 0. The third-order valence-electron chi connectivity index (χ3n) is 1.46. The fraction of sp³-hybridized carbons (Fsp3) is 0.800. The molecule has 0 atom stereocenters. The molecule has 0 aromatic carbocycles. The van der Waals surface area contributed by atoms with Gasteiger partial charge in [-0.1, -0.05) is 19.3 Å². The van der Waals surface area contributed by atoms with E-state index in [0.29, 0.717) is 0 Å². The van der Waals surface area contributed by atoms with Crippen LogP contribution in [0.5, 0.6) is 0 Å². The van der Waals surface area contributed by atoms with Crippen LogP contribution in [0.1, 0.15) is 40.0 Å². The van der Waals surface area contributed by atoms with Gasteiger partial charge in [-0.2, -0.15) is 0 Å². The highest BCUT2D eigenvalue weighted by Gasteiger charge is 2.25. The van der Waals surface area contributed by atoms with Gasteiger partial charge in [0.1, 0.15) is 6.11 Å². The Morgan fingerprint density at radius 2 is 1.73 bits per heavy atom. The number of hydrogen-bond acceptors (Lipinski definition) is 4. The maximum atomic E-state index is 11.7. The number of hydrogen-bond donors (Lipinski definition) is 0. The van der Waals surface area contributed by atoms with Crippen molar-refractivity contribution in [2.45, 2.75) is 40.0 Å². The van der Waals surface area contributed by atoms with Crippen molar-refractivity contribution in [1.29, 1.82) is 0 Å². The first-order chi connectivity index (χ1) is 7.18. The second kappa shape index (κ2) is 8.79.